The van der Waals surface area contributed by atoms with Crippen LogP contribution in [0.4, 0.5) is 0 Å². The molecule has 0 N–H and O–H groups in total. The third kappa shape index (κ3) is 7.73. The summed E-state index contributed by atoms with van der Waals surface area (Å²) in [4.78, 5) is 46.5. The van der Waals surface area contributed by atoms with Crippen molar-refractivity contribution in [2.45, 2.75) is 39.7 Å². The first-order valence-corrected chi connectivity index (χ1v) is 10.6. The molecule has 10 nitrogen and oxygen atoms in total. The van der Waals surface area contributed by atoms with Gasteiger partial charge in [-0.3, -0.25) is 19.2 Å². The number of hydrogen-bond acceptors (Lipinski definition) is 10. The molecule has 0 aliphatic carbocycles. The lowest BCUT2D eigenvalue weighted by molar-refractivity contribution is -0.150. The van der Waals surface area contributed by atoms with E-state index in [-0.39, 0.29) is 29.6 Å². The summed E-state index contributed by atoms with van der Waals surface area (Å²) in [6, 6.07) is 9.48. The third-order valence-electron chi connectivity index (χ3n) is 4.76. The van der Waals surface area contributed by atoms with Crippen molar-refractivity contribution in [1.29, 1.82) is 0 Å². The number of carbonyl (C=O) groups excluding carboxylic acids is 4. The van der Waals surface area contributed by atoms with E-state index in [2.05, 4.69) is 0 Å². The van der Waals surface area contributed by atoms with E-state index in [9.17, 15) is 19.2 Å². The van der Waals surface area contributed by atoms with E-state index in [4.69, 9.17) is 28.4 Å². The van der Waals surface area contributed by atoms with Gasteiger partial charge in [0, 0.05) is 27.7 Å². The minimum Gasteiger partial charge on any atom is -0.493 e. The van der Waals surface area contributed by atoms with E-state index in [1.54, 1.807) is 24.3 Å². The van der Waals surface area contributed by atoms with Gasteiger partial charge in [0.1, 0.15) is 12.7 Å². The number of methoxy groups -OCH3 is 2. The molecule has 0 bridgehead atoms. The Morgan fingerprint density at radius 3 is 1.57 bits per heavy atom. The fourth-order valence-electron chi connectivity index (χ4n) is 3.38. The van der Waals surface area contributed by atoms with Crippen LogP contribution in [-0.2, 0) is 28.7 Å². The van der Waals surface area contributed by atoms with E-state index in [0.29, 0.717) is 11.1 Å². The van der Waals surface area contributed by atoms with Crippen LogP contribution in [0.2, 0.25) is 0 Å². The molecule has 2 aromatic carbocycles. The molecular formula is C25H28O10. The van der Waals surface area contributed by atoms with E-state index >= 15 is 0 Å². The summed E-state index contributed by atoms with van der Waals surface area (Å²) >= 11 is 0. The van der Waals surface area contributed by atoms with Crippen LogP contribution in [0.1, 0.15) is 50.8 Å². The zero-order valence-corrected chi connectivity index (χ0v) is 20.4. The summed E-state index contributed by atoms with van der Waals surface area (Å²) in [5.41, 5.74) is 1.07. The standard InChI is InChI=1S/C25H28O10/c1-14(26)32-13-20(18-7-9-21(33-15(2)27)23(11-18)30-5)25(35-17(4)29)19-8-10-22(34-16(3)28)24(12-19)31-6/h7-12,20,25H,13H2,1-6H3. The lowest BCUT2D eigenvalue weighted by atomic mass is 9.89. The average Bonchev–Trinajstić information content (AvgIpc) is 2.78. The minimum atomic E-state index is -0.934. The second kappa shape index (κ2) is 12.4. The van der Waals surface area contributed by atoms with Gasteiger partial charge >= 0.3 is 23.9 Å². The molecule has 0 fully saturated rings. The Labute approximate surface area is 203 Å². The highest BCUT2D eigenvalue weighted by molar-refractivity contribution is 5.71. The molecule has 0 saturated carbocycles. The van der Waals surface area contributed by atoms with Crippen molar-refractivity contribution >= 4 is 23.9 Å². The Kier molecular flexibility index (Phi) is 9.63. The molecule has 10 heteroatoms. The van der Waals surface area contributed by atoms with E-state index < -0.39 is 35.9 Å². The molecule has 0 saturated heterocycles. The summed E-state index contributed by atoms with van der Waals surface area (Å²) in [5, 5.41) is 0. The second-order valence-corrected chi connectivity index (χ2v) is 7.45. The Morgan fingerprint density at radius 1 is 0.657 bits per heavy atom. The van der Waals surface area contributed by atoms with Gasteiger partial charge in [0.25, 0.3) is 0 Å². The van der Waals surface area contributed by atoms with Gasteiger partial charge in [-0.1, -0.05) is 12.1 Å². The lowest BCUT2D eigenvalue weighted by Crippen LogP contribution is -2.23. The van der Waals surface area contributed by atoms with Gasteiger partial charge in [0.05, 0.1) is 20.1 Å². The van der Waals surface area contributed by atoms with Crippen LogP contribution in [0.15, 0.2) is 36.4 Å². The monoisotopic (exact) mass is 488 g/mol. The van der Waals surface area contributed by atoms with Gasteiger partial charge in [-0.05, 0) is 35.4 Å². The van der Waals surface area contributed by atoms with Crippen molar-refractivity contribution in [3.63, 3.8) is 0 Å². The van der Waals surface area contributed by atoms with Crippen LogP contribution in [0.25, 0.3) is 0 Å². The van der Waals surface area contributed by atoms with Gasteiger partial charge < -0.3 is 28.4 Å². The van der Waals surface area contributed by atoms with Crippen molar-refractivity contribution in [2.75, 3.05) is 20.8 Å². The van der Waals surface area contributed by atoms with Crippen LogP contribution < -0.4 is 18.9 Å². The van der Waals surface area contributed by atoms with Gasteiger partial charge in [-0.15, -0.1) is 0 Å². The molecule has 2 aromatic rings. The number of rotatable bonds is 10. The van der Waals surface area contributed by atoms with Crippen LogP contribution in [0, 0.1) is 0 Å². The van der Waals surface area contributed by atoms with E-state index in [1.165, 1.54) is 54.0 Å². The summed E-state index contributed by atoms with van der Waals surface area (Å²) in [6.45, 7) is 4.90. The molecular weight excluding hydrogens is 460 g/mol. The fourth-order valence-corrected chi connectivity index (χ4v) is 3.38. The molecule has 0 radical (unpaired) electrons. The zero-order chi connectivity index (χ0) is 26.1. The second-order valence-electron chi connectivity index (χ2n) is 7.45. The first kappa shape index (κ1) is 27.2. The lowest BCUT2D eigenvalue weighted by Gasteiger charge is -2.28. The quantitative estimate of drug-likeness (QED) is 0.362. The normalized spacial score (nSPS) is 12.1. The molecule has 0 aliphatic heterocycles. The molecule has 0 aromatic heterocycles. The van der Waals surface area contributed by atoms with Crippen molar-refractivity contribution in [3.05, 3.63) is 47.5 Å². The SMILES string of the molecule is COc1cc(C(COC(C)=O)C(OC(C)=O)c2ccc(OC(C)=O)c(OC)c2)ccc1OC(C)=O. The number of benzene rings is 2. The van der Waals surface area contributed by atoms with Crippen LogP contribution in [-0.4, -0.2) is 44.7 Å². The van der Waals surface area contributed by atoms with Gasteiger partial charge in [0.15, 0.2) is 23.0 Å². The third-order valence-corrected chi connectivity index (χ3v) is 4.76. The highest BCUT2D eigenvalue weighted by atomic mass is 16.6. The Morgan fingerprint density at radius 2 is 1.14 bits per heavy atom. The van der Waals surface area contributed by atoms with Crippen molar-refractivity contribution < 1.29 is 47.6 Å². The topological polar surface area (TPSA) is 124 Å². The van der Waals surface area contributed by atoms with Gasteiger partial charge in [-0.25, -0.2) is 0 Å². The summed E-state index contributed by atoms with van der Waals surface area (Å²) in [6.07, 6.45) is -0.934. The molecule has 2 atom stereocenters. The average molecular weight is 488 g/mol. The molecule has 2 rings (SSSR count). The predicted octanol–water partition coefficient (Wildman–Crippen LogP) is 3.51. The van der Waals surface area contributed by atoms with Crippen LogP contribution in [0.5, 0.6) is 23.0 Å². The number of carbonyl (C=O) groups is 4. The Balaban J connectivity index is 2.61. The maximum atomic E-state index is 12.1. The van der Waals surface area contributed by atoms with Crippen molar-refractivity contribution in [3.8, 4) is 23.0 Å². The number of esters is 4. The van der Waals surface area contributed by atoms with Gasteiger partial charge in [0.2, 0.25) is 0 Å². The summed E-state index contributed by atoms with van der Waals surface area (Å²) in [7, 11) is 2.82. The van der Waals surface area contributed by atoms with Crippen LogP contribution >= 0.6 is 0 Å². The molecule has 0 heterocycles. The van der Waals surface area contributed by atoms with Crippen LogP contribution in [0.3, 0.4) is 0 Å². The fraction of sp³-hybridized carbons (Fsp3) is 0.360. The Bertz CT molecular complexity index is 1090. The predicted molar refractivity (Wildman–Crippen MR) is 122 cm³/mol. The largest absolute Gasteiger partial charge is 0.493 e. The highest BCUT2D eigenvalue weighted by Gasteiger charge is 2.31. The molecule has 0 aliphatic rings. The Hall–Kier alpha value is -4.08. The number of ether oxygens (including phenoxy) is 6. The smallest absolute Gasteiger partial charge is 0.308 e. The molecule has 35 heavy (non-hydrogen) atoms. The maximum Gasteiger partial charge on any atom is 0.308 e. The minimum absolute atomic E-state index is 0.142. The summed E-state index contributed by atoms with van der Waals surface area (Å²) in [5.74, 6) is -1.95. The van der Waals surface area contributed by atoms with E-state index in [1.807, 2.05) is 0 Å². The first-order valence-electron chi connectivity index (χ1n) is 10.6. The maximum absolute atomic E-state index is 12.1. The first-order chi connectivity index (χ1) is 16.5. The van der Waals surface area contributed by atoms with Crippen molar-refractivity contribution in [2.24, 2.45) is 0 Å². The summed E-state index contributed by atoms with van der Waals surface area (Å²) < 4.78 is 32.0. The van der Waals surface area contributed by atoms with Gasteiger partial charge in [-0.2, -0.15) is 0 Å². The highest BCUT2D eigenvalue weighted by Crippen LogP contribution is 2.41. The molecule has 0 amide bonds. The van der Waals surface area contributed by atoms with E-state index in [0.717, 1.165) is 0 Å². The number of hydrogen-bond donors (Lipinski definition) is 0. The molecule has 2 unspecified atom stereocenters. The molecule has 0 spiro atoms. The zero-order valence-electron chi connectivity index (χ0n) is 20.4. The molecule has 188 valence electrons. The van der Waals surface area contributed by atoms with Crippen molar-refractivity contribution in [1.82, 2.24) is 0 Å².